The Balaban J connectivity index is 2.23. The van der Waals surface area contributed by atoms with Gasteiger partial charge >= 0.3 is 0 Å². The molecular weight excluding hydrogens is 316 g/mol. The summed E-state index contributed by atoms with van der Waals surface area (Å²) in [6.45, 7) is 0. The van der Waals surface area contributed by atoms with Crippen molar-refractivity contribution in [3.63, 3.8) is 0 Å². The maximum atomic E-state index is 9.69. The van der Waals surface area contributed by atoms with Gasteiger partial charge in [-0.1, -0.05) is 24.3 Å². The fourth-order valence-corrected chi connectivity index (χ4v) is 3.50. The fraction of sp³-hybridized carbons (Fsp3) is 0.300. The summed E-state index contributed by atoms with van der Waals surface area (Å²) < 4.78 is 16.3. The molecule has 0 aliphatic heterocycles. The van der Waals surface area contributed by atoms with E-state index in [4.69, 9.17) is 19.6 Å². The summed E-state index contributed by atoms with van der Waals surface area (Å²) in [4.78, 5) is 0. The van der Waals surface area contributed by atoms with E-state index in [9.17, 15) is 5.26 Å². The first kappa shape index (κ1) is 16.8. The van der Waals surface area contributed by atoms with E-state index in [1.807, 2.05) is 36.4 Å². The summed E-state index contributed by atoms with van der Waals surface area (Å²) in [6, 6.07) is 14.0. The maximum absolute atomic E-state index is 9.69. The van der Waals surface area contributed by atoms with Crippen molar-refractivity contribution in [2.75, 3.05) is 21.3 Å². The maximum Gasteiger partial charge on any atom is 0.203 e. The Morgan fingerprint density at radius 2 is 1.68 bits per heavy atom. The molecule has 0 radical (unpaired) electrons. The molecule has 2 aromatic rings. The lowest BCUT2D eigenvalue weighted by molar-refractivity contribution is 0.323. The Morgan fingerprint density at radius 1 is 1.04 bits per heavy atom. The molecule has 1 aliphatic carbocycles. The monoisotopic (exact) mass is 336 g/mol. The standard InChI is InChI=1S/C20H20N2O3/c1-23-17-9-13(10-18(24-2)20(17)25-3)19-14-7-5-4-6-12(14)8-16(22)15(19)11-21/h4-7,9-10,15,19,22H,8H2,1-3H3. The molecule has 0 bridgehead atoms. The molecule has 2 unspecified atom stereocenters. The van der Waals surface area contributed by atoms with Gasteiger partial charge in [0.2, 0.25) is 5.75 Å². The van der Waals surface area contributed by atoms with Crippen LogP contribution in [-0.2, 0) is 6.42 Å². The van der Waals surface area contributed by atoms with Crippen LogP contribution < -0.4 is 14.2 Å². The molecule has 0 spiro atoms. The SMILES string of the molecule is COc1cc(C2c3ccccc3CC(=N)C2C#N)cc(OC)c1OC. The van der Waals surface area contributed by atoms with Gasteiger partial charge in [-0.2, -0.15) is 5.26 Å². The van der Waals surface area contributed by atoms with E-state index in [1.54, 1.807) is 21.3 Å². The van der Waals surface area contributed by atoms with Gasteiger partial charge in [-0.25, -0.2) is 0 Å². The van der Waals surface area contributed by atoms with Gasteiger partial charge in [0.25, 0.3) is 0 Å². The average Bonchev–Trinajstić information content (AvgIpc) is 2.65. The normalized spacial score (nSPS) is 18.9. The highest BCUT2D eigenvalue weighted by molar-refractivity contribution is 5.91. The van der Waals surface area contributed by atoms with Crippen molar-refractivity contribution in [3.8, 4) is 23.3 Å². The topological polar surface area (TPSA) is 75.3 Å². The highest BCUT2D eigenvalue weighted by Gasteiger charge is 2.35. The van der Waals surface area contributed by atoms with Crippen molar-refractivity contribution in [2.45, 2.75) is 12.3 Å². The average molecular weight is 336 g/mol. The quantitative estimate of drug-likeness (QED) is 0.926. The summed E-state index contributed by atoms with van der Waals surface area (Å²) in [7, 11) is 4.70. The molecule has 5 nitrogen and oxygen atoms in total. The third-order valence-electron chi connectivity index (χ3n) is 4.67. The van der Waals surface area contributed by atoms with Crippen molar-refractivity contribution in [2.24, 2.45) is 5.92 Å². The molecule has 2 atom stereocenters. The van der Waals surface area contributed by atoms with Crippen LogP contribution in [0.2, 0.25) is 0 Å². The number of fused-ring (bicyclic) bond motifs is 1. The molecule has 0 saturated heterocycles. The van der Waals surface area contributed by atoms with Gasteiger partial charge in [0, 0.05) is 18.1 Å². The van der Waals surface area contributed by atoms with Crippen LogP contribution >= 0.6 is 0 Å². The van der Waals surface area contributed by atoms with Crippen LogP contribution in [0.25, 0.3) is 0 Å². The smallest absolute Gasteiger partial charge is 0.203 e. The van der Waals surface area contributed by atoms with Gasteiger partial charge in [-0.15, -0.1) is 0 Å². The van der Waals surface area contributed by atoms with Gasteiger partial charge in [-0.3, -0.25) is 0 Å². The predicted octanol–water partition coefficient (Wildman–Crippen LogP) is 3.56. The summed E-state index contributed by atoms with van der Waals surface area (Å²) in [5.41, 5.74) is 3.45. The molecule has 1 aliphatic rings. The zero-order chi connectivity index (χ0) is 18.0. The van der Waals surface area contributed by atoms with Crippen LogP contribution in [0.15, 0.2) is 36.4 Å². The van der Waals surface area contributed by atoms with E-state index < -0.39 is 5.92 Å². The van der Waals surface area contributed by atoms with E-state index in [1.165, 1.54) is 0 Å². The van der Waals surface area contributed by atoms with Gasteiger partial charge in [-0.05, 0) is 28.8 Å². The molecule has 0 amide bonds. The number of rotatable bonds is 4. The second-order valence-corrected chi connectivity index (χ2v) is 5.94. The lowest BCUT2D eigenvalue weighted by Crippen LogP contribution is -2.29. The Kier molecular flexibility index (Phi) is 4.62. The van der Waals surface area contributed by atoms with Crippen LogP contribution in [0.4, 0.5) is 0 Å². The van der Waals surface area contributed by atoms with Gasteiger partial charge in [0.1, 0.15) is 0 Å². The Morgan fingerprint density at radius 3 is 2.24 bits per heavy atom. The zero-order valence-corrected chi connectivity index (χ0v) is 14.5. The Hall–Kier alpha value is -3.00. The number of nitrogens with zero attached hydrogens (tertiary/aromatic N) is 1. The lowest BCUT2D eigenvalue weighted by atomic mass is 9.71. The highest BCUT2D eigenvalue weighted by Crippen LogP contribution is 2.45. The van der Waals surface area contributed by atoms with Gasteiger partial charge in [0.15, 0.2) is 11.5 Å². The molecule has 0 aromatic heterocycles. The molecule has 25 heavy (non-hydrogen) atoms. The lowest BCUT2D eigenvalue weighted by Gasteiger charge is -2.31. The highest BCUT2D eigenvalue weighted by atomic mass is 16.5. The minimum Gasteiger partial charge on any atom is -0.493 e. The molecule has 0 saturated carbocycles. The van der Waals surface area contributed by atoms with Crippen LogP contribution in [0.1, 0.15) is 22.6 Å². The summed E-state index contributed by atoms with van der Waals surface area (Å²) in [6.07, 6.45) is 0.509. The van der Waals surface area contributed by atoms with Gasteiger partial charge in [0.05, 0.1) is 33.3 Å². The zero-order valence-electron chi connectivity index (χ0n) is 14.5. The molecule has 0 fully saturated rings. The first-order valence-corrected chi connectivity index (χ1v) is 7.99. The number of nitrogens with one attached hydrogen (secondary N) is 1. The van der Waals surface area contributed by atoms with Crippen molar-refractivity contribution in [1.82, 2.24) is 0 Å². The van der Waals surface area contributed by atoms with Crippen molar-refractivity contribution < 1.29 is 14.2 Å². The van der Waals surface area contributed by atoms with Crippen LogP contribution in [0.5, 0.6) is 17.2 Å². The minimum absolute atomic E-state index is 0.240. The second kappa shape index (κ2) is 6.86. The Bertz CT molecular complexity index is 829. The molecule has 1 N–H and O–H groups in total. The largest absolute Gasteiger partial charge is 0.493 e. The number of hydrogen-bond donors (Lipinski definition) is 1. The van der Waals surface area contributed by atoms with Crippen molar-refractivity contribution >= 4 is 5.71 Å². The molecule has 128 valence electrons. The van der Waals surface area contributed by atoms with Crippen LogP contribution in [-0.4, -0.2) is 27.0 Å². The number of nitriles is 1. The third kappa shape index (κ3) is 2.80. The molecule has 3 rings (SSSR count). The van der Waals surface area contributed by atoms with E-state index in [0.717, 1.165) is 16.7 Å². The number of benzene rings is 2. The molecule has 0 heterocycles. The number of methoxy groups -OCH3 is 3. The van der Waals surface area contributed by atoms with Crippen LogP contribution in [0.3, 0.4) is 0 Å². The predicted molar refractivity (Wildman–Crippen MR) is 94.9 cm³/mol. The van der Waals surface area contributed by atoms with Crippen LogP contribution in [0, 0.1) is 22.7 Å². The first-order chi connectivity index (χ1) is 12.1. The Labute approximate surface area is 147 Å². The number of hydrogen-bond acceptors (Lipinski definition) is 5. The van der Waals surface area contributed by atoms with Crippen molar-refractivity contribution in [3.05, 3.63) is 53.1 Å². The molecule has 5 heteroatoms. The minimum atomic E-state index is -0.516. The fourth-order valence-electron chi connectivity index (χ4n) is 3.50. The van der Waals surface area contributed by atoms with E-state index >= 15 is 0 Å². The van der Waals surface area contributed by atoms with Gasteiger partial charge < -0.3 is 19.6 Å². The number of ether oxygens (including phenoxy) is 3. The summed E-state index contributed by atoms with van der Waals surface area (Å²) >= 11 is 0. The third-order valence-corrected chi connectivity index (χ3v) is 4.67. The first-order valence-electron chi connectivity index (χ1n) is 7.99. The molecule has 2 aromatic carbocycles. The summed E-state index contributed by atoms with van der Waals surface area (Å²) in [5.74, 6) is 0.849. The molecular formula is C20H20N2O3. The van der Waals surface area contributed by atoms with E-state index in [0.29, 0.717) is 29.4 Å². The van der Waals surface area contributed by atoms with Crippen molar-refractivity contribution in [1.29, 1.82) is 10.7 Å². The summed E-state index contributed by atoms with van der Waals surface area (Å²) in [5, 5.41) is 18.0. The second-order valence-electron chi connectivity index (χ2n) is 5.94. The van der Waals surface area contributed by atoms with E-state index in [-0.39, 0.29) is 5.92 Å². The van der Waals surface area contributed by atoms with E-state index in [2.05, 4.69) is 6.07 Å².